The summed E-state index contributed by atoms with van der Waals surface area (Å²) < 4.78 is 2.10. The highest BCUT2D eigenvalue weighted by Gasteiger charge is 1.93. The van der Waals surface area contributed by atoms with Gasteiger partial charge in [-0.25, -0.2) is 4.98 Å². The largest absolute Gasteiger partial charge is 0.337 e. The van der Waals surface area contributed by atoms with E-state index in [1.807, 2.05) is 30.1 Å². The van der Waals surface area contributed by atoms with Crippen molar-refractivity contribution in [3.8, 4) is 0 Å². The zero-order valence-electron chi connectivity index (χ0n) is 6.68. The molecule has 0 saturated carbocycles. The number of hydrogen-bond acceptors (Lipinski definition) is 2. The van der Waals surface area contributed by atoms with Crippen molar-refractivity contribution in [3.63, 3.8) is 0 Å². The molecule has 12 heavy (non-hydrogen) atoms. The molecule has 0 radical (unpaired) electrons. The van der Waals surface area contributed by atoms with Crippen LogP contribution in [0.4, 0.5) is 0 Å². The summed E-state index contributed by atoms with van der Waals surface area (Å²) in [5.41, 5.74) is 0. The molecule has 0 atom stereocenters. The van der Waals surface area contributed by atoms with Crippen LogP contribution in [0.25, 0.3) is 0 Å². The fourth-order valence-corrected chi connectivity index (χ4v) is 1.81. The molecule has 0 aliphatic rings. The first-order valence-electron chi connectivity index (χ1n) is 3.93. The van der Waals surface area contributed by atoms with E-state index >= 15 is 0 Å². The van der Waals surface area contributed by atoms with Gasteiger partial charge in [0.05, 0.1) is 6.33 Å². The minimum Gasteiger partial charge on any atom is -0.337 e. The van der Waals surface area contributed by atoms with Gasteiger partial charge < -0.3 is 4.57 Å². The Hall–Kier alpha value is -1.09. The minimum absolute atomic E-state index is 1.03. The number of aromatic nitrogens is 2. The molecule has 0 bridgehead atoms. The molecule has 2 heterocycles. The van der Waals surface area contributed by atoms with Crippen LogP contribution in [0.2, 0.25) is 0 Å². The number of rotatable bonds is 3. The molecule has 2 rings (SSSR count). The maximum absolute atomic E-state index is 3.99. The zero-order chi connectivity index (χ0) is 8.23. The van der Waals surface area contributed by atoms with E-state index in [-0.39, 0.29) is 0 Å². The van der Waals surface area contributed by atoms with Crippen LogP contribution in [0, 0.1) is 0 Å². The standard InChI is InChI=1S/C9H10N2S/c1-2-9(12-7-1)3-5-11-6-4-10-8-11/h1-2,4,6-8H,3,5H2. The zero-order valence-corrected chi connectivity index (χ0v) is 7.50. The van der Waals surface area contributed by atoms with Crippen LogP contribution in [0.3, 0.4) is 0 Å². The van der Waals surface area contributed by atoms with Crippen LogP contribution in [0.15, 0.2) is 36.2 Å². The smallest absolute Gasteiger partial charge is 0.0946 e. The molecular weight excluding hydrogens is 168 g/mol. The van der Waals surface area contributed by atoms with Gasteiger partial charge in [0.15, 0.2) is 0 Å². The van der Waals surface area contributed by atoms with E-state index in [1.54, 1.807) is 0 Å². The fraction of sp³-hybridized carbons (Fsp3) is 0.222. The van der Waals surface area contributed by atoms with Gasteiger partial charge in [-0.3, -0.25) is 0 Å². The molecule has 0 N–H and O–H groups in total. The van der Waals surface area contributed by atoms with Gasteiger partial charge in [-0.1, -0.05) is 6.07 Å². The molecule has 2 aromatic rings. The molecule has 0 aromatic carbocycles. The van der Waals surface area contributed by atoms with E-state index in [0.29, 0.717) is 0 Å². The third kappa shape index (κ3) is 1.74. The van der Waals surface area contributed by atoms with Gasteiger partial charge in [0.1, 0.15) is 0 Å². The molecule has 0 fully saturated rings. The number of thiophene rings is 1. The Bertz CT molecular complexity index is 276. The lowest BCUT2D eigenvalue weighted by atomic mass is 10.3. The van der Waals surface area contributed by atoms with Crippen molar-refractivity contribution in [2.45, 2.75) is 13.0 Å². The maximum Gasteiger partial charge on any atom is 0.0946 e. The van der Waals surface area contributed by atoms with E-state index in [1.165, 1.54) is 4.88 Å². The van der Waals surface area contributed by atoms with Gasteiger partial charge in [-0.15, -0.1) is 11.3 Å². The quantitative estimate of drug-likeness (QED) is 0.704. The summed E-state index contributed by atoms with van der Waals surface area (Å²) in [7, 11) is 0. The summed E-state index contributed by atoms with van der Waals surface area (Å²) in [6.45, 7) is 1.03. The van der Waals surface area contributed by atoms with Gasteiger partial charge in [-0.2, -0.15) is 0 Å². The topological polar surface area (TPSA) is 17.8 Å². The second kappa shape index (κ2) is 3.54. The molecule has 2 nitrogen and oxygen atoms in total. The monoisotopic (exact) mass is 178 g/mol. The summed E-state index contributed by atoms with van der Waals surface area (Å²) in [5, 5.41) is 2.11. The Morgan fingerprint density at radius 2 is 2.50 bits per heavy atom. The number of imidazole rings is 1. The highest BCUT2D eigenvalue weighted by atomic mass is 32.1. The van der Waals surface area contributed by atoms with E-state index in [2.05, 4.69) is 27.1 Å². The first kappa shape index (κ1) is 7.55. The van der Waals surface area contributed by atoms with E-state index in [9.17, 15) is 0 Å². The Morgan fingerprint density at radius 3 is 3.17 bits per heavy atom. The molecule has 62 valence electrons. The molecule has 0 amide bonds. The Kier molecular flexibility index (Phi) is 2.23. The lowest BCUT2D eigenvalue weighted by Crippen LogP contribution is -1.96. The Morgan fingerprint density at radius 1 is 1.50 bits per heavy atom. The van der Waals surface area contributed by atoms with Crippen molar-refractivity contribution in [2.24, 2.45) is 0 Å². The highest BCUT2D eigenvalue weighted by molar-refractivity contribution is 7.09. The highest BCUT2D eigenvalue weighted by Crippen LogP contribution is 2.09. The van der Waals surface area contributed by atoms with Crippen molar-refractivity contribution >= 4 is 11.3 Å². The average Bonchev–Trinajstić information content (AvgIpc) is 2.74. The van der Waals surface area contributed by atoms with Crippen molar-refractivity contribution in [3.05, 3.63) is 41.1 Å². The molecule has 0 spiro atoms. The van der Waals surface area contributed by atoms with Crippen LogP contribution in [-0.2, 0) is 13.0 Å². The number of aryl methyl sites for hydroxylation is 2. The maximum atomic E-state index is 3.99. The predicted molar refractivity (Wildman–Crippen MR) is 50.3 cm³/mol. The third-order valence-electron chi connectivity index (χ3n) is 1.76. The van der Waals surface area contributed by atoms with Crippen LogP contribution in [0.1, 0.15) is 4.88 Å². The lowest BCUT2D eigenvalue weighted by molar-refractivity contribution is 0.701. The van der Waals surface area contributed by atoms with Crippen molar-refractivity contribution in [1.29, 1.82) is 0 Å². The normalized spacial score (nSPS) is 10.3. The van der Waals surface area contributed by atoms with Crippen molar-refractivity contribution < 1.29 is 0 Å². The summed E-state index contributed by atoms with van der Waals surface area (Å²) >= 11 is 1.81. The Balaban J connectivity index is 1.91. The minimum atomic E-state index is 1.03. The second-order valence-electron chi connectivity index (χ2n) is 2.63. The first-order valence-corrected chi connectivity index (χ1v) is 4.81. The third-order valence-corrected chi connectivity index (χ3v) is 2.69. The second-order valence-corrected chi connectivity index (χ2v) is 3.66. The molecule has 0 aliphatic heterocycles. The summed E-state index contributed by atoms with van der Waals surface area (Å²) in [5.74, 6) is 0. The lowest BCUT2D eigenvalue weighted by Gasteiger charge is -1.98. The molecule has 0 saturated heterocycles. The van der Waals surface area contributed by atoms with Crippen molar-refractivity contribution in [2.75, 3.05) is 0 Å². The molecule has 0 aliphatic carbocycles. The fourth-order valence-electron chi connectivity index (χ4n) is 1.11. The first-order chi connectivity index (χ1) is 5.95. The van der Waals surface area contributed by atoms with Gasteiger partial charge >= 0.3 is 0 Å². The van der Waals surface area contributed by atoms with Gasteiger partial charge in [-0.05, 0) is 17.9 Å². The van der Waals surface area contributed by atoms with E-state index < -0.39 is 0 Å². The molecule has 0 unspecified atom stereocenters. The van der Waals surface area contributed by atoms with Crippen LogP contribution < -0.4 is 0 Å². The molecule has 2 aromatic heterocycles. The van der Waals surface area contributed by atoms with Gasteiger partial charge in [0.25, 0.3) is 0 Å². The number of nitrogens with zero attached hydrogens (tertiary/aromatic N) is 2. The summed E-state index contributed by atoms with van der Waals surface area (Å²) in [4.78, 5) is 5.42. The van der Waals surface area contributed by atoms with Gasteiger partial charge in [0, 0.05) is 23.8 Å². The number of hydrogen-bond donors (Lipinski definition) is 0. The SMILES string of the molecule is c1csc(CCn2ccnc2)c1. The van der Waals surface area contributed by atoms with E-state index in [4.69, 9.17) is 0 Å². The predicted octanol–water partition coefficient (Wildman–Crippen LogP) is 2.19. The molecular formula is C9H10N2S. The van der Waals surface area contributed by atoms with E-state index in [0.717, 1.165) is 13.0 Å². The Labute approximate surface area is 75.5 Å². The summed E-state index contributed by atoms with van der Waals surface area (Å²) in [6.07, 6.45) is 6.77. The average molecular weight is 178 g/mol. The van der Waals surface area contributed by atoms with Crippen LogP contribution in [-0.4, -0.2) is 9.55 Å². The summed E-state index contributed by atoms with van der Waals surface area (Å²) in [6, 6.07) is 4.26. The van der Waals surface area contributed by atoms with Gasteiger partial charge in [0.2, 0.25) is 0 Å². The molecule has 3 heteroatoms. The van der Waals surface area contributed by atoms with Crippen molar-refractivity contribution in [1.82, 2.24) is 9.55 Å². The van der Waals surface area contributed by atoms with Crippen LogP contribution >= 0.6 is 11.3 Å². The van der Waals surface area contributed by atoms with Crippen LogP contribution in [0.5, 0.6) is 0 Å².